The lowest BCUT2D eigenvalue weighted by molar-refractivity contribution is 0.0406. The molecular formula is C23H29FN4O2. The number of aliphatic hydroxyl groups excluding tert-OH is 1. The molecule has 1 aliphatic rings. The summed E-state index contributed by atoms with van der Waals surface area (Å²) in [6.45, 7) is 7.08. The number of likely N-dealkylation sites (tertiary alicyclic amines) is 1. The number of rotatable bonds is 8. The van der Waals surface area contributed by atoms with E-state index in [0.29, 0.717) is 36.1 Å². The van der Waals surface area contributed by atoms with E-state index in [9.17, 15) is 9.50 Å². The summed E-state index contributed by atoms with van der Waals surface area (Å²) in [6.07, 6.45) is -0.0497. The van der Waals surface area contributed by atoms with Crippen molar-refractivity contribution in [3.8, 4) is 0 Å². The van der Waals surface area contributed by atoms with Crippen LogP contribution in [0.3, 0.4) is 0 Å². The number of aromatic nitrogens is 2. The quantitative estimate of drug-likeness (QED) is 0.528. The second-order valence-corrected chi connectivity index (χ2v) is 8.23. The summed E-state index contributed by atoms with van der Waals surface area (Å²) < 4.78 is 19.7. The Morgan fingerprint density at radius 1 is 1.23 bits per heavy atom. The van der Waals surface area contributed by atoms with Crippen molar-refractivity contribution in [1.82, 2.24) is 14.9 Å². The van der Waals surface area contributed by atoms with E-state index in [0.717, 1.165) is 18.7 Å². The maximum absolute atomic E-state index is 13.5. The summed E-state index contributed by atoms with van der Waals surface area (Å²) in [5.74, 6) is 0.812. The summed E-state index contributed by atoms with van der Waals surface area (Å²) in [7, 11) is 0. The van der Waals surface area contributed by atoms with Gasteiger partial charge in [-0.1, -0.05) is 38.1 Å². The number of aliphatic hydroxyl groups is 1. The monoisotopic (exact) mass is 412 g/mol. The summed E-state index contributed by atoms with van der Waals surface area (Å²) in [5, 5.41) is 12.7. The third kappa shape index (κ3) is 4.80. The molecule has 2 atom stereocenters. The maximum Gasteiger partial charge on any atom is 0.201 e. The van der Waals surface area contributed by atoms with Gasteiger partial charge in [0.15, 0.2) is 0 Å². The fourth-order valence-corrected chi connectivity index (χ4v) is 3.91. The zero-order valence-corrected chi connectivity index (χ0v) is 17.4. The van der Waals surface area contributed by atoms with Crippen LogP contribution in [0.25, 0.3) is 11.0 Å². The van der Waals surface area contributed by atoms with Gasteiger partial charge >= 0.3 is 0 Å². The Labute approximate surface area is 176 Å². The highest BCUT2D eigenvalue weighted by molar-refractivity contribution is 5.77. The number of nitrogens with zero attached hydrogens (tertiary/aromatic N) is 2. The zero-order valence-electron chi connectivity index (χ0n) is 17.4. The van der Waals surface area contributed by atoms with Crippen molar-refractivity contribution in [3.63, 3.8) is 0 Å². The number of ether oxygens (including phenoxy) is 1. The Morgan fingerprint density at radius 3 is 2.77 bits per heavy atom. The van der Waals surface area contributed by atoms with Crippen LogP contribution in [0.4, 0.5) is 10.3 Å². The SMILES string of the molecule is CC(C)c1ccc(CO[C@H]2CN(CCO)C[C@@H]2Nc2nc3ccc(F)cc3[nH]2)cc1. The van der Waals surface area contributed by atoms with E-state index in [1.807, 2.05) is 0 Å². The molecule has 1 saturated heterocycles. The van der Waals surface area contributed by atoms with Gasteiger partial charge in [0.25, 0.3) is 0 Å². The summed E-state index contributed by atoms with van der Waals surface area (Å²) >= 11 is 0. The van der Waals surface area contributed by atoms with Crippen molar-refractivity contribution in [2.24, 2.45) is 0 Å². The number of fused-ring (bicyclic) bond motifs is 1. The van der Waals surface area contributed by atoms with Crippen LogP contribution in [-0.2, 0) is 11.3 Å². The fourth-order valence-electron chi connectivity index (χ4n) is 3.91. The molecular weight excluding hydrogens is 383 g/mol. The summed E-state index contributed by atoms with van der Waals surface area (Å²) in [6, 6.07) is 13.1. The van der Waals surface area contributed by atoms with E-state index in [1.165, 1.54) is 17.7 Å². The molecule has 4 rings (SSSR count). The molecule has 0 bridgehead atoms. The van der Waals surface area contributed by atoms with Crippen LogP contribution >= 0.6 is 0 Å². The molecule has 7 heteroatoms. The topological polar surface area (TPSA) is 73.4 Å². The highest BCUT2D eigenvalue weighted by Crippen LogP contribution is 2.22. The summed E-state index contributed by atoms with van der Waals surface area (Å²) in [4.78, 5) is 9.82. The van der Waals surface area contributed by atoms with Crippen LogP contribution in [-0.4, -0.2) is 58.4 Å². The molecule has 3 N–H and O–H groups in total. The van der Waals surface area contributed by atoms with Crippen LogP contribution in [0.2, 0.25) is 0 Å². The van der Waals surface area contributed by atoms with Crippen LogP contribution < -0.4 is 5.32 Å². The predicted octanol–water partition coefficient (Wildman–Crippen LogP) is 3.50. The third-order valence-corrected chi connectivity index (χ3v) is 5.63. The lowest BCUT2D eigenvalue weighted by Gasteiger charge is -2.20. The van der Waals surface area contributed by atoms with Crippen molar-refractivity contribution in [2.45, 2.75) is 38.5 Å². The highest BCUT2D eigenvalue weighted by atomic mass is 19.1. The molecule has 160 valence electrons. The number of nitrogens with one attached hydrogen (secondary N) is 2. The molecule has 0 saturated carbocycles. The largest absolute Gasteiger partial charge is 0.395 e. The maximum atomic E-state index is 13.5. The molecule has 0 spiro atoms. The number of benzene rings is 2. The van der Waals surface area contributed by atoms with E-state index >= 15 is 0 Å². The van der Waals surface area contributed by atoms with Gasteiger partial charge in [-0.15, -0.1) is 0 Å². The molecule has 2 aromatic carbocycles. The minimum Gasteiger partial charge on any atom is -0.395 e. The van der Waals surface area contributed by atoms with E-state index in [-0.39, 0.29) is 24.6 Å². The van der Waals surface area contributed by atoms with Gasteiger partial charge < -0.3 is 20.1 Å². The molecule has 1 aromatic heterocycles. The van der Waals surface area contributed by atoms with Gasteiger partial charge in [-0.25, -0.2) is 9.37 Å². The Balaban J connectivity index is 1.43. The molecule has 30 heavy (non-hydrogen) atoms. The Morgan fingerprint density at radius 2 is 2.03 bits per heavy atom. The van der Waals surface area contributed by atoms with Crippen LogP contribution in [0, 0.1) is 5.82 Å². The highest BCUT2D eigenvalue weighted by Gasteiger charge is 2.33. The Kier molecular flexibility index (Phi) is 6.32. The van der Waals surface area contributed by atoms with Gasteiger partial charge in [0.1, 0.15) is 5.82 Å². The van der Waals surface area contributed by atoms with Crippen molar-refractivity contribution in [1.29, 1.82) is 0 Å². The third-order valence-electron chi connectivity index (χ3n) is 5.63. The first-order valence-corrected chi connectivity index (χ1v) is 10.5. The lowest BCUT2D eigenvalue weighted by atomic mass is 10.0. The first-order valence-electron chi connectivity index (χ1n) is 10.5. The fraction of sp³-hybridized carbons (Fsp3) is 0.435. The van der Waals surface area contributed by atoms with E-state index in [4.69, 9.17) is 4.74 Å². The molecule has 0 radical (unpaired) electrons. The molecule has 1 fully saturated rings. The Hall–Kier alpha value is -2.48. The van der Waals surface area contributed by atoms with Crippen molar-refractivity contribution >= 4 is 17.0 Å². The summed E-state index contributed by atoms with van der Waals surface area (Å²) in [5.41, 5.74) is 3.82. The van der Waals surface area contributed by atoms with Crippen LogP contribution in [0.15, 0.2) is 42.5 Å². The molecule has 0 amide bonds. The van der Waals surface area contributed by atoms with E-state index < -0.39 is 0 Å². The minimum atomic E-state index is -0.294. The van der Waals surface area contributed by atoms with Crippen molar-refractivity contribution in [2.75, 3.05) is 31.6 Å². The normalized spacial score (nSPS) is 19.8. The Bertz CT molecular complexity index is 973. The first kappa shape index (κ1) is 20.8. The van der Waals surface area contributed by atoms with Gasteiger partial charge in [-0.3, -0.25) is 4.90 Å². The van der Waals surface area contributed by atoms with Crippen molar-refractivity contribution in [3.05, 3.63) is 59.4 Å². The first-order chi connectivity index (χ1) is 14.5. The van der Waals surface area contributed by atoms with Gasteiger partial charge in [0.2, 0.25) is 5.95 Å². The van der Waals surface area contributed by atoms with Crippen LogP contribution in [0.1, 0.15) is 30.9 Å². The van der Waals surface area contributed by atoms with Gasteiger partial charge in [-0.05, 0) is 35.2 Å². The zero-order chi connectivity index (χ0) is 21.1. The second kappa shape index (κ2) is 9.12. The van der Waals surface area contributed by atoms with E-state index in [2.05, 4.69) is 58.3 Å². The molecule has 2 heterocycles. The predicted molar refractivity (Wildman–Crippen MR) is 116 cm³/mol. The smallest absolute Gasteiger partial charge is 0.201 e. The van der Waals surface area contributed by atoms with Gasteiger partial charge in [0, 0.05) is 19.6 Å². The van der Waals surface area contributed by atoms with Crippen LogP contribution in [0.5, 0.6) is 0 Å². The number of H-pyrrole nitrogens is 1. The lowest BCUT2D eigenvalue weighted by Crippen LogP contribution is -2.34. The number of halogens is 1. The van der Waals surface area contributed by atoms with Gasteiger partial charge in [0.05, 0.1) is 36.4 Å². The van der Waals surface area contributed by atoms with Gasteiger partial charge in [-0.2, -0.15) is 0 Å². The minimum absolute atomic E-state index is 0.0110. The second-order valence-electron chi connectivity index (χ2n) is 8.23. The molecule has 0 unspecified atom stereocenters. The number of β-amino-alcohol motifs (C(OH)–C–C–N with tert-alkyl or cyclic N) is 1. The van der Waals surface area contributed by atoms with E-state index in [1.54, 1.807) is 6.07 Å². The number of anilines is 1. The standard InChI is InChI=1S/C23H29FN4O2/c1-15(2)17-5-3-16(4-6-17)14-30-22-13-28(9-10-29)12-21(22)27-23-25-19-8-7-18(24)11-20(19)26-23/h3-8,11,15,21-22,29H,9-10,12-14H2,1-2H3,(H2,25,26,27)/t21-,22-/m0/s1. The number of hydrogen-bond acceptors (Lipinski definition) is 5. The molecule has 6 nitrogen and oxygen atoms in total. The van der Waals surface area contributed by atoms with Crippen molar-refractivity contribution < 1.29 is 14.2 Å². The number of aromatic amines is 1. The molecule has 1 aliphatic heterocycles. The average molecular weight is 413 g/mol. The average Bonchev–Trinajstić information content (AvgIpc) is 3.29. The molecule has 0 aliphatic carbocycles. The number of imidazole rings is 1. The molecule has 3 aromatic rings. The number of hydrogen-bond donors (Lipinski definition) is 3.